The number of ether oxygens (including phenoxy) is 1. The number of halogens is 2. The third-order valence-corrected chi connectivity index (χ3v) is 7.44. The Morgan fingerprint density at radius 1 is 1.21 bits per heavy atom. The standard InChI is InChI=1S/C24H26ClFN4O2Si/c1-33(2,3)11-10-32-14-30-21(16-6-8-28-24-17(16)7-9-29-24)13-19(23(27)31)22(30)18-5-4-15(25)12-20(18)26/h4-9,12-13H,10-11,14H2,1-3H3,(H2,27,31)(H,28,29). The van der Waals surface area contributed by atoms with Gasteiger partial charge in [0.05, 0.1) is 17.0 Å². The molecule has 1 aromatic carbocycles. The molecule has 33 heavy (non-hydrogen) atoms. The number of primary amides is 1. The molecule has 3 aromatic heterocycles. The number of benzene rings is 1. The molecule has 172 valence electrons. The number of amides is 1. The molecule has 0 saturated carbocycles. The van der Waals surface area contributed by atoms with E-state index in [1.165, 1.54) is 6.07 Å². The van der Waals surface area contributed by atoms with E-state index in [2.05, 4.69) is 29.6 Å². The summed E-state index contributed by atoms with van der Waals surface area (Å²) in [6, 6.07) is 10.8. The predicted molar refractivity (Wildman–Crippen MR) is 133 cm³/mol. The van der Waals surface area contributed by atoms with Gasteiger partial charge in [-0.25, -0.2) is 9.37 Å². The summed E-state index contributed by atoms with van der Waals surface area (Å²) in [6.45, 7) is 7.53. The van der Waals surface area contributed by atoms with Crippen LogP contribution in [0.5, 0.6) is 0 Å². The second-order valence-electron chi connectivity index (χ2n) is 9.15. The second kappa shape index (κ2) is 9.13. The maximum atomic E-state index is 15.0. The zero-order chi connectivity index (χ0) is 23.8. The van der Waals surface area contributed by atoms with E-state index in [4.69, 9.17) is 22.1 Å². The van der Waals surface area contributed by atoms with Gasteiger partial charge in [-0.1, -0.05) is 31.2 Å². The van der Waals surface area contributed by atoms with E-state index in [1.807, 2.05) is 12.1 Å². The summed E-state index contributed by atoms with van der Waals surface area (Å²) < 4.78 is 22.9. The fourth-order valence-electron chi connectivity index (χ4n) is 3.78. The summed E-state index contributed by atoms with van der Waals surface area (Å²) in [5, 5.41) is 1.14. The van der Waals surface area contributed by atoms with Gasteiger partial charge in [0, 0.05) is 48.6 Å². The van der Waals surface area contributed by atoms with Crippen molar-refractivity contribution in [1.29, 1.82) is 0 Å². The minimum absolute atomic E-state index is 0.138. The smallest absolute Gasteiger partial charge is 0.250 e. The maximum Gasteiger partial charge on any atom is 0.250 e. The van der Waals surface area contributed by atoms with Gasteiger partial charge in [-0.15, -0.1) is 0 Å². The molecular weight excluding hydrogens is 459 g/mol. The number of hydrogen-bond donors (Lipinski definition) is 2. The normalized spacial score (nSPS) is 11.9. The highest BCUT2D eigenvalue weighted by molar-refractivity contribution is 6.76. The molecule has 0 atom stereocenters. The lowest BCUT2D eigenvalue weighted by molar-refractivity contribution is 0.0893. The van der Waals surface area contributed by atoms with Crippen molar-refractivity contribution in [2.45, 2.75) is 32.4 Å². The molecule has 3 heterocycles. The van der Waals surface area contributed by atoms with E-state index < -0.39 is 19.8 Å². The van der Waals surface area contributed by atoms with Gasteiger partial charge in [0.1, 0.15) is 18.2 Å². The van der Waals surface area contributed by atoms with Crippen LogP contribution in [0.2, 0.25) is 30.7 Å². The number of pyridine rings is 1. The molecule has 0 aliphatic heterocycles. The minimum atomic E-state index is -1.30. The molecule has 0 bridgehead atoms. The zero-order valence-electron chi connectivity index (χ0n) is 18.8. The van der Waals surface area contributed by atoms with Gasteiger partial charge in [-0.2, -0.15) is 0 Å². The van der Waals surface area contributed by atoms with Crippen LogP contribution in [0.15, 0.2) is 48.8 Å². The Kier molecular flexibility index (Phi) is 6.42. The van der Waals surface area contributed by atoms with Crippen LogP contribution in [0, 0.1) is 5.82 Å². The molecule has 1 amide bonds. The number of fused-ring (bicyclic) bond motifs is 1. The van der Waals surface area contributed by atoms with E-state index >= 15 is 4.39 Å². The summed E-state index contributed by atoms with van der Waals surface area (Å²) in [5.74, 6) is -1.19. The molecule has 3 N–H and O–H groups in total. The zero-order valence-corrected chi connectivity index (χ0v) is 20.5. The van der Waals surface area contributed by atoms with Crippen LogP contribution in [0.25, 0.3) is 33.5 Å². The molecule has 9 heteroatoms. The fraction of sp³-hybridized carbons (Fsp3) is 0.250. The largest absolute Gasteiger partial charge is 0.366 e. The summed E-state index contributed by atoms with van der Waals surface area (Å²) in [4.78, 5) is 19.9. The lowest BCUT2D eigenvalue weighted by Crippen LogP contribution is -2.22. The van der Waals surface area contributed by atoms with Crippen LogP contribution in [-0.2, 0) is 11.5 Å². The second-order valence-corrected chi connectivity index (χ2v) is 15.2. The van der Waals surface area contributed by atoms with Crippen LogP contribution < -0.4 is 5.73 Å². The van der Waals surface area contributed by atoms with Gasteiger partial charge in [0.25, 0.3) is 5.91 Å². The molecule has 0 fully saturated rings. The highest BCUT2D eigenvalue weighted by Crippen LogP contribution is 2.37. The van der Waals surface area contributed by atoms with Gasteiger partial charge >= 0.3 is 0 Å². The number of rotatable bonds is 8. The Morgan fingerprint density at radius 2 is 2.00 bits per heavy atom. The van der Waals surface area contributed by atoms with E-state index in [0.717, 1.165) is 17.0 Å². The van der Waals surface area contributed by atoms with Crippen molar-refractivity contribution in [3.05, 3.63) is 65.2 Å². The Morgan fingerprint density at radius 3 is 2.70 bits per heavy atom. The molecule has 0 spiro atoms. The van der Waals surface area contributed by atoms with Crippen LogP contribution in [0.3, 0.4) is 0 Å². The van der Waals surface area contributed by atoms with Crippen LogP contribution >= 0.6 is 11.6 Å². The number of nitrogens with zero attached hydrogens (tertiary/aromatic N) is 2. The van der Waals surface area contributed by atoms with Crippen molar-refractivity contribution < 1.29 is 13.9 Å². The highest BCUT2D eigenvalue weighted by atomic mass is 35.5. The van der Waals surface area contributed by atoms with Gasteiger partial charge < -0.3 is 20.0 Å². The number of nitrogens with two attached hydrogens (primary N) is 1. The van der Waals surface area contributed by atoms with Gasteiger partial charge in [-0.3, -0.25) is 4.79 Å². The Hall–Kier alpha value is -2.94. The number of carbonyl (C=O) groups is 1. The molecule has 0 aliphatic carbocycles. The number of nitrogens with one attached hydrogen (secondary N) is 1. The SMILES string of the molecule is C[Si](C)(C)CCOCn1c(-c2ccnc3[nH]ccc23)cc(C(N)=O)c1-c1ccc(Cl)cc1F. The first-order chi connectivity index (χ1) is 15.7. The maximum absolute atomic E-state index is 15.0. The Bertz CT molecular complexity index is 1330. The van der Waals surface area contributed by atoms with E-state index in [0.29, 0.717) is 23.6 Å². The summed E-state index contributed by atoms with van der Waals surface area (Å²) in [6.07, 6.45) is 3.48. The van der Waals surface area contributed by atoms with Gasteiger partial charge in [-0.05, 0) is 42.4 Å². The predicted octanol–water partition coefficient (Wildman–Crippen LogP) is 5.90. The van der Waals surface area contributed by atoms with Crippen LogP contribution in [0.4, 0.5) is 4.39 Å². The minimum Gasteiger partial charge on any atom is -0.366 e. The van der Waals surface area contributed by atoms with E-state index in [1.54, 1.807) is 35.2 Å². The molecule has 4 aromatic rings. The number of carbonyl (C=O) groups excluding carboxylic acids is 1. The molecule has 6 nitrogen and oxygen atoms in total. The van der Waals surface area contributed by atoms with Crippen molar-refractivity contribution in [3.63, 3.8) is 0 Å². The van der Waals surface area contributed by atoms with Crippen LogP contribution in [0.1, 0.15) is 10.4 Å². The first-order valence-electron chi connectivity index (χ1n) is 10.6. The molecule has 0 saturated heterocycles. The third-order valence-electron chi connectivity index (χ3n) is 5.50. The molecular formula is C24H26ClFN4O2Si. The highest BCUT2D eigenvalue weighted by Gasteiger charge is 2.25. The molecule has 0 aliphatic rings. The Labute approximate surface area is 197 Å². The number of hydrogen-bond acceptors (Lipinski definition) is 3. The average molecular weight is 485 g/mol. The first-order valence-corrected chi connectivity index (χ1v) is 14.7. The topological polar surface area (TPSA) is 85.9 Å². The summed E-state index contributed by atoms with van der Waals surface area (Å²) in [7, 11) is -1.30. The van der Waals surface area contributed by atoms with Crippen molar-refractivity contribution in [3.8, 4) is 22.5 Å². The fourth-order valence-corrected chi connectivity index (χ4v) is 4.70. The Balaban J connectivity index is 1.90. The van der Waals surface area contributed by atoms with Gasteiger partial charge in [0.15, 0.2) is 0 Å². The van der Waals surface area contributed by atoms with Crippen molar-refractivity contribution >= 4 is 36.6 Å². The van der Waals surface area contributed by atoms with Gasteiger partial charge in [0.2, 0.25) is 0 Å². The van der Waals surface area contributed by atoms with Crippen molar-refractivity contribution in [1.82, 2.24) is 14.5 Å². The van der Waals surface area contributed by atoms with Crippen LogP contribution in [-0.4, -0.2) is 35.1 Å². The summed E-state index contributed by atoms with van der Waals surface area (Å²) >= 11 is 5.98. The average Bonchev–Trinajstić information content (AvgIpc) is 3.35. The van der Waals surface area contributed by atoms with Crippen molar-refractivity contribution in [2.24, 2.45) is 5.73 Å². The molecule has 0 radical (unpaired) electrons. The monoisotopic (exact) mass is 484 g/mol. The lowest BCUT2D eigenvalue weighted by Gasteiger charge is -2.18. The number of aromatic nitrogens is 3. The lowest BCUT2D eigenvalue weighted by atomic mass is 10.1. The first kappa shape index (κ1) is 23.2. The van der Waals surface area contributed by atoms with E-state index in [-0.39, 0.29) is 22.9 Å². The third kappa shape index (κ3) is 4.87. The molecule has 4 rings (SSSR count). The quantitative estimate of drug-likeness (QED) is 0.241. The van der Waals surface area contributed by atoms with Crippen molar-refractivity contribution in [2.75, 3.05) is 6.61 Å². The summed E-state index contributed by atoms with van der Waals surface area (Å²) in [5.41, 5.74) is 8.77. The molecule has 0 unspecified atom stereocenters. The van der Waals surface area contributed by atoms with E-state index in [9.17, 15) is 4.79 Å². The number of H-pyrrole nitrogens is 1. The number of aromatic amines is 1.